The third-order valence-corrected chi connectivity index (χ3v) is 3.74. The number of halogens is 1. The molecule has 114 valence electrons. The van der Waals surface area contributed by atoms with Crippen molar-refractivity contribution in [2.75, 3.05) is 13.2 Å². The highest BCUT2D eigenvalue weighted by Crippen LogP contribution is 2.29. The lowest BCUT2D eigenvalue weighted by Gasteiger charge is -2.31. The molecule has 0 radical (unpaired) electrons. The fourth-order valence-electron chi connectivity index (χ4n) is 2.16. The Bertz CT molecular complexity index is 510. The summed E-state index contributed by atoms with van der Waals surface area (Å²) in [5.41, 5.74) is 5.02. The zero-order valence-corrected chi connectivity index (χ0v) is 11.9. The molecule has 5 nitrogen and oxygen atoms in total. The van der Waals surface area contributed by atoms with E-state index in [0.717, 1.165) is 0 Å². The molecule has 1 saturated heterocycles. The van der Waals surface area contributed by atoms with E-state index in [9.17, 15) is 14.0 Å². The van der Waals surface area contributed by atoms with E-state index < -0.39 is 5.41 Å². The lowest BCUT2D eigenvalue weighted by molar-refractivity contribution is -0.139. The Kier molecular flexibility index (Phi) is 4.90. The topological polar surface area (TPSA) is 67.4 Å². The zero-order valence-electron chi connectivity index (χ0n) is 11.9. The van der Waals surface area contributed by atoms with E-state index >= 15 is 0 Å². The average molecular weight is 294 g/mol. The van der Waals surface area contributed by atoms with Gasteiger partial charge in [-0.2, -0.15) is 0 Å². The van der Waals surface area contributed by atoms with Gasteiger partial charge in [-0.15, -0.1) is 0 Å². The van der Waals surface area contributed by atoms with Crippen LogP contribution in [0.5, 0.6) is 0 Å². The van der Waals surface area contributed by atoms with Gasteiger partial charge < -0.3 is 4.74 Å². The number of benzene rings is 1. The van der Waals surface area contributed by atoms with Gasteiger partial charge in [0.15, 0.2) is 0 Å². The van der Waals surface area contributed by atoms with E-state index in [2.05, 4.69) is 10.9 Å². The summed E-state index contributed by atoms with van der Waals surface area (Å²) in [6.07, 6.45) is 1.35. The Balaban J connectivity index is 1.80. The zero-order chi connectivity index (χ0) is 15.3. The van der Waals surface area contributed by atoms with Gasteiger partial charge in [0.25, 0.3) is 0 Å². The SMILES string of the molecule is CC1(C(=O)NNC(=O)Cc2ccc(F)cc2)CCOCC1. The van der Waals surface area contributed by atoms with Crippen molar-refractivity contribution in [1.82, 2.24) is 10.9 Å². The van der Waals surface area contributed by atoms with Crippen LogP contribution in [0.3, 0.4) is 0 Å². The number of ether oxygens (including phenoxy) is 1. The van der Waals surface area contributed by atoms with Crippen molar-refractivity contribution in [2.45, 2.75) is 26.2 Å². The van der Waals surface area contributed by atoms with E-state index in [-0.39, 0.29) is 24.1 Å². The van der Waals surface area contributed by atoms with Crippen molar-refractivity contribution in [3.05, 3.63) is 35.6 Å². The van der Waals surface area contributed by atoms with E-state index in [4.69, 9.17) is 4.74 Å². The van der Waals surface area contributed by atoms with Gasteiger partial charge in [-0.1, -0.05) is 19.1 Å². The minimum absolute atomic E-state index is 0.0837. The average Bonchev–Trinajstić information content (AvgIpc) is 2.48. The van der Waals surface area contributed by atoms with E-state index in [1.807, 2.05) is 6.92 Å². The minimum Gasteiger partial charge on any atom is -0.381 e. The molecular weight excluding hydrogens is 275 g/mol. The maximum absolute atomic E-state index is 12.8. The van der Waals surface area contributed by atoms with Crippen LogP contribution in [0.4, 0.5) is 4.39 Å². The number of carbonyl (C=O) groups excluding carboxylic acids is 2. The Labute approximate surface area is 122 Å². The highest BCUT2D eigenvalue weighted by molar-refractivity contribution is 5.86. The second-order valence-electron chi connectivity index (χ2n) is 5.48. The third-order valence-electron chi connectivity index (χ3n) is 3.74. The van der Waals surface area contributed by atoms with Gasteiger partial charge in [0.1, 0.15) is 5.82 Å². The van der Waals surface area contributed by atoms with E-state index in [0.29, 0.717) is 31.6 Å². The van der Waals surface area contributed by atoms with Gasteiger partial charge in [0, 0.05) is 13.2 Å². The van der Waals surface area contributed by atoms with Crippen molar-refractivity contribution in [3.63, 3.8) is 0 Å². The molecule has 0 spiro atoms. The van der Waals surface area contributed by atoms with Crippen molar-refractivity contribution in [3.8, 4) is 0 Å². The fraction of sp³-hybridized carbons (Fsp3) is 0.467. The molecular formula is C15H19FN2O3. The van der Waals surface area contributed by atoms with E-state index in [1.165, 1.54) is 24.3 Å². The molecule has 1 fully saturated rings. The number of hydrazine groups is 1. The van der Waals surface area contributed by atoms with Crippen LogP contribution >= 0.6 is 0 Å². The molecule has 1 aromatic carbocycles. The van der Waals surface area contributed by atoms with Crippen LogP contribution in [-0.2, 0) is 20.7 Å². The predicted octanol–water partition coefficient (Wildman–Crippen LogP) is 1.33. The van der Waals surface area contributed by atoms with Crippen molar-refractivity contribution < 1.29 is 18.7 Å². The second-order valence-corrected chi connectivity index (χ2v) is 5.48. The summed E-state index contributed by atoms with van der Waals surface area (Å²) >= 11 is 0. The third kappa shape index (κ3) is 4.26. The Morgan fingerprint density at radius 2 is 1.81 bits per heavy atom. The van der Waals surface area contributed by atoms with Gasteiger partial charge in [-0.3, -0.25) is 20.4 Å². The van der Waals surface area contributed by atoms with Crippen molar-refractivity contribution >= 4 is 11.8 Å². The summed E-state index contributed by atoms with van der Waals surface area (Å²) in [7, 11) is 0. The normalized spacial score (nSPS) is 17.0. The first kappa shape index (κ1) is 15.4. The van der Waals surface area contributed by atoms with Crippen LogP contribution in [0.1, 0.15) is 25.3 Å². The first-order valence-corrected chi connectivity index (χ1v) is 6.91. The van der Waals surface area contributed by atoms with Gasteiger partial charge in [0.2, 0.25) is 11.8 Å². The largest absolute Gasteiger partial charge is 0.381 e. The van der Waals surface area contributed by atoms with Crippen molar-refractivity contribution in [2.24, 2.45) is 5.41 Å². The molecule has 2 rings (SSSR count). The minimum atomic E-state index is -0.512. The Morgan fingerprint density at radius 1 is 1.19 bits per heavy atom. The molecule has 2 N–H and O–H groups in total. The summed E-state index contributed by atoms with van der Waals surface area (Å²) in [5, 5.41) is 0. The van der Waals surface area contributed by atoms with Crippen LogP contribution < -0.4 is 10.9 Å². The quantitative estimate of drug-likeness (QED) is 0.827. The number of amides is 2. The van der Waals surface area contributed by atoms with Gasteiger partial charge in [0.05, 0.1) is 11.8 Å². The fourth-order valence-corrected chi connectivity index (χ4v) is 2.16. The highest BCUT2D eigenvalue weighted by atomic mass is 19.1. The summed E-state index contributed by atoms with van der Waals surface area (Å²) in [4.78, 5) is 23.8. The van der Waals surface area contributed by atoms with Gasteiger partial charge in [-0.05, 0) is 30.5 Å². The molecule has 0 saturated carbocycles. The lowest BCUT2D eigenvalue weighted by atomic mass is 9.82. The molecule has 21 heavy (non-hydrogen) atoms. The number of rotatable bonds is 3. The standard InChI is InChI=1S/C15H19FN2O3/c1-15(6-8-21-9-7-15)14(20)18-17-13(19)10-11-2-4-12(16)5-3-11/h2-5H,6-10H2,1H3,(H,17,19)(H,18,20). The molecule has 1 aromatic rings. The number of nitrogens with one attached hydrogen (secondary N) is 2. The number of hydrogen-bond donors (Lipinski definition) is 2. The second kappa shape index (κ2) is 6.67. The molecule has 0 unspecified atom stereocenters. The molecule has 0 bridgehead atoms. The van der Waals surface area contributed by atoms with E-state index in [1.54, 1.807) is 0 Å². The van der Waals surface area contributed by atoms with Crippen LogP contribution in [0.25, 0.3) is 0 Å². The van der Waals surface area contributed by atoms with Crippen LogP contribution in [0, 0.1) is 11.2 Å². The maximum atomic E-state index is 12.8. The Hall–Kier alpha value is -1.95. The molecule has 0 aromatic heterocycles. The van der Waals surface area contributed by atoms with Crippen LogP contribution in [-0.4, -0.2) is 25.0 Å². The van der Waals surface area contributed by atoms with Crippen LogP contribution in [0.2, 0.25) is 0 Å². The summed E-state index contributed by atoms with van der Waals surface area (Å²) in [6.45, 7) is 2.96. The highest BCUT2D eigenvalue weighted by Gasteiger charge is 2.35. The van der Waals surface area contributed by atoms with Gasteiger partial charge in [-0.25, -0.2) is 4.39 Å². The Morgan fingerprint density at radius 3 is 2.43 bits per heavy atom. The predicted molar refractivity (Wildman–Crippen MR) is 74.5 cm³/mol. The molecule has 2 amide bonds. The summed E-state index contributed by atoms with van der Waals surface area (Å²) in [6, 6.07) is 5.67. The summed E-state index contributed by atoms with van der Waals surface area (Å²) < 4.78 is 18.0. The molecule has 1 aliphatic heterocycles. The smallest absolute Gasteiger partial charge is 0.244 e. The first-order chi connectivity index (χ1) is 9.99. The summed E-state index contributed by atoms with van der Waals surface area (Å²) in [5.74, 6) is -0.899. The number of carbonyl (C=O) groups is 2. The van der Waals surface area contributed by atoms with Gasteiger partial charge >= 0.3 is 0 Å². The molecule has 1 heterocycles. The molecule has 0 aliphatic carbocycles. The monoisotopic (exact) mass is 294 g/mol. The maximum Gasteiger partial charge on any atom is 0.244 e. The van der Waals surface area contributed by atoms with Crippen molar-refractivity contribution in [1.29, 1.82) is 0 Å². The molecule has 6 heteroatoms. The lowest BCUT2D eigenvalue weighted by Crippen LogP contribution is -2.50. The van der Waals surface area contributed by atoms with Crippen LogP contribution in [0.15, 0.2) is 24.3 Å². The number of hydrogen-bond acceptors (Lipinski definition) is 3. The first-order valence-electron chi connectivity index (χ1n) is 6.91. The molecule has 1 aliphatic rings. The molecule has 0 atom stereocenters.